The average Bonchev–Trinajstić information content (AvgIpc) is 3.14. The third-order valence-electron chi connectivity index (χ3n) is 8.13. The first kappa shape index (κ1) is 25.5. The molecule has 2 saturated carbocycles. The van der Waals surface area contributed by atoms with Crippen LogP contribution in [0.15, 0.2) is 54.6 Å². The number of alkyl halides is 2. The molecule has 0 saturated heterocycles. The monoisotopic (exact) mass is 485 g/mol. The van der Waals surface area contributed by atoms with Crippen molar-refractivity contribution >= 4 is 11.7 Å². The Morgan fingerprint density at radius 2 is 1.71 bits per heavy atom. The minimum Gasteiger partial charge on any atom is -0.497 e. The molecule has 5 atom stereocenters. The molecule has 0 unspecified atom stereocenters. The first-order chi connectivity index (χ1) is 16.6. The fraction of sp³-hybridized carbons (Fsp3) is 0.552. The number of ether oxygens (including phenoxy) is 2. The molecular formula is C29H37F2NO3. The molecule has 190 valence electrons. The second-order valence-electron chi connectivity index (χ2n) is 10.8. The van der Waals surface area contributed by atoms with Gasteiger partial charge in [0, 0.05) is 18.0 Å². The molecule has 4 rings (SSSR count). The largest absolute Gasteiger partial charge is 0.497 e. The number of halogens is 2. The number of carbonyl (C=O) groups excluding carboxylic acids is 1. The lowest BCUT2D eigenvalue weighted by molar-refractivity contribution is -0.162. The van der Waals surface area contributed by atoms with Crippen LogP contribution in [0.2, 0.25) is 0 Å². The van der Waals surface area contributed by atoms with Gasteiger partial charge in [0.25, 0.3) is 5.92 Å². The van der Waals surface area contributed by atoms with Crippen LogP contribution >= 0.6 is 0 Å². The predicted octanol–water partition coefficient (Wildman–Crippen LogP) is 6.85. The summed E-state index contributed by atoms with van der Waals surface area (Å²) in [6.07, 6.45) is 2.24. The van der Waals surface area contributed by atoms with Crippen LogP contribution in [0.5, 0.6) is 5.75 Å². The van der Waals surface area contributed by atoms with E-state index in [0.717, 1.165) is 19.3 Å². The number of hydrogen-bond donors (Lipinski definition) is 1. The zero-order valence-corrected chi connectivity index (χ0v) is 21.1. The molecule has 6 heteroatoms. The Morgan fingerprint density at radius 1 is 1.03 bits per heavy atom. The normalized spacial score (nSPS) is 28.3. The highest BCUT2D eigenvalue weighted by Crippen LogP contribution is 2.46. The van der Waals surface area contributed by atoms with E-state index in [1.165, 1.54) is 5.56 Å². The van der Waals surface area contributed by atoms with Crippen LogP contribution < -0.4 is 10.1 Å². The van der Waals surface area contributed by atoms with Crippen LogP contribution in [-0.2, 0) is 14.9 Å². The molecule has 2 aliphatic carbocycles. The van der Waals surface area contributed by atoms with E-state index < -0.39 is 23.9 Å². The van der Waals surface area contributed by atoms with Crippen LogP contribution in [0.1, 0.15) is 58.4 Å². The van der Waals surface area contributed by atoms with Crippen molar-refractivity contribution in [2.45, 2.75) is 76.4 Å². The summed E-state index contributed by atoms with van der Waals surface area (Å²) in [6, 6.07) is 15.8. The van der Waals surface area contributed by atoms with Crippen molar-refractivity contribution in [3.8, 4) is 5.75 Å². The van der Waals surface area contributed by atoms with Gasteiger partial charge in [0.05, 0.1) is 13.0 Å². The Morgan fingerprint density at radius 3 is 2.37 bits per heavy atom. The summed E-state index contributed by atoms with van der Waals surface area (Å²) >= 11 is 0. The molecule has 35 heavy (non-hydrogen) atoms. The van der Waals surface area contributed by atoms with Crippen molar-refractivity contribution in [3.63, 3.8) is 0 Å². The number of nitrogens with one attached hydrogen (secondary N) is 1. The molecule has 0 heterocycles. The maximum atomic E-state index is 14.9. The second-order valence-corrected chi connectivity index (χ2v) is 10.8. The topological polar surface area (TPSA) is 47.6 Å². The van der Waals surface area contributed by atoms with Gasteiger partial charge in [-0.15, -0.1) is 0 Å². The van der Waals surface area contributed by atoms with E-state index >= 15 is 0 Å². The quantitative estimate of drug-likeness (QED) is 0.436. The van der Waals surface area contributed by atoms with Crippen molar-refractivity contribution in [1.29, 1.82) is 0 Å². The Bertz CT molecular complexity index is 993. The van der Waals surface area contributed by atoms with E-state index in [4.69, 9.17) is 9.47 Å². The van der Waals surface area contributed by atoms with Gasteiger partial charge in [-0.2, -0.15) is 0 Å². The first-order valence-electron chi connectivity index (χ1n) is 12.7. The summed E-state index contributed by atoms with van der Waals surface area (Å²) in [6.45, 7) is 6.56. The van der Waals surface area contributed by atoms with Gasteiger partial charge in [0.15, 0.2) is 0 Å². The molecular weight excluding hydrogens is 448 g/mol. The van der Waals surface area contributed by atoms with Crippen LogP contribution in [-0.4, -0.2) is 31.1 Å². The molecule has 0 bridgehead atoms. The van der Waals surface area contributed by atoms with Crippen molar-refractivity contribution < 1.29 is 23.0 Å². The third-order valence-corrected chi connectivity index (χ3v) is 8.13. The van der Waals surface area contributed by atoms with Crippen molar-refractivity contribution in [2.24, 2.45) is 17.8 Å². The van der Waals surface area contributed by atoms with E-state index in [9.17, 15) is 13.6 Å². The lowest BCUT2D eigenvalue weighted by atomic mass is 9.64. The number of carbonyl (C=O) groups is 1. The Labute approximate surface area is 207 Å². The molecule has 4 nitrogen and oxygen atoms in total. The Kier molecular flexibility index (Phi) is 7.39. The lowest BCUT2D eigenvalue weighted by Gasteiger charge is -2.44. The standard InChI is InChI=1S/C29H37F2NO3/c1-19-10-15-24(28(2,3)20-8-6-5-7-9-20)25(18-19)35-27(33)23-16-17-29(30,31)26(23)32-21-11-13-22(34-4)14-12-21/h5-9,11-14,19,23-26,32H,10,15-18H2,1-4H3/t19-,23+,24-,25-,26+/m1/s1. The highest BCUT2D eigenvalue weighted by molar-refractivity contribution is 5.75. The maximum absolute atomic E-state index is 14.9. The Hall–Kier alpha value is -2.63. The molecule has 2 aromatic rings. The van der Waals surface area contributed by atoms with Gasteiger partial charge in [-0.1, -0.05) is 57.5 Å². The molecule has 0 aliphatic heterocycles. The minimum atomic E-state index is -2.99. The fourth-order valence-electron chi connectivity index (χ4n) is 5.89. The van der Waals surface area contributed by atoms with Crippen molar-refractivity contribution in [3.05, 3.63) is 60.2 Å². The number of rotatable bonds is 7. The number of esters is 1. The highest BCUT2D eigenvalue weighted by atomic mass is 19.3. The number of benzene rings is 2. The fourth-order valence-corrected chi connectivity index (χ4v) is 5.89. The van der Waals surface area contributed by atoms with E-state index in [0.29, 0.717) is 17.4 Å². The zero-order valence-electron chi connectivity index (χ0n) is 21.1. The number of methoxy groups -OCH3 is 1. The molecule has 1 N–H and O–H groups in total. The smallest absolute Gasteiger partial charge is 0.311 e. The van der Waals surface area contributed by atoms with Crippen LogP contribution in [0.25, 0.3) is 0 Å². The van der Waals surface area contributed by atoms with Gasteiger partial charge >= 0.3 is 5.97 Å². The van der Waals surface area contributed by atoms with Gasteiger partial charge in [-0.3, -0.25) is 4.79 Å². The van der Waals surface area contributed by atoms with E-state index in [-0.39, 0.29) is 30.3 Å². The SMILES string of the molecule is COc1ccc(N[C@H]2[C@@H](C(=O)O[C@@H]3C[C@H](C)CC[C@H]3C(C)(C)c3ccccc3)CCC2(F)F)cc1. The van der Waals surface area contributed by atoms with E-state index in [2.05, 4.69) is 38.2 Å². The molecule has 2 fully saturated rings. The van der Waals surface area contributed by atoms with Crippen LogP contribution in [0, 0.1) is 17.8 Å². The summed E-state index contributed by atoms with van der Waals surface area (Å²) in [5, 5.41) is 2.92. The summed E-state index contributed by atoms with van der Waals surface area (Å²) in [7, 11) is 1.55. The number of anilines is 1. The first-order valence-corrected chi connectivity index (χ1v) is 12.7. The number of hydrogen-bond acceptors (Lipinski definition) is 4. The molecule has 2 aliphatic rings. The van der Waals surface area contributed by atoms with Crippen molar-refractivity contribution in [2.75, 3.05) is 12.4 Å². The molecule has 0 amide bonds. The predicted molar refractivity (Wildman–Crippen MR) is 134 cm³/mol. The summed E-state index contributed by atoms with van der Waals surface area (Å²) in [5.41, 5.74) is 1.53. The summed E-state index contributed by atoms with van der Waals surface area (Å²) < 4.78 is 41.1. The van der Waals surface area contributed by atoms with E-state index in [1.54, 1.807) is 31.4 Å². The third kappa shape index (κ3) is 5.46. The van der Waals surface area contributed by atoms with Gasteiger partial charge in [-0.05, 0) is 60.4 Å². The average molecular weight is 486 g/mol. The van der Waals surface area contributed by atoms with Gasteiger partial charge in [0.2, 0.25) is 0 Å². The highest BCUT2D eigenvalue weighted by Gasteiger charge is 2.54. The molecule has 0 aromatic heterocycles. The van der Waals surface area contributed by atoms with Gasteiger partial charge in [-0.25, -0.2) is 8.78 Å². The zero-order chi connectivity index (χ0) is 25.2. The minimum absolute atomic E-state index is 0.106. The Balaban J connectivity index is 1.52. The molecule has 0 radical (unpaired) electrons. The second kappa shape index (κ2) is 10.2. The van der Waals surface area contributed by atoms with Crippen LogP contribution in [0.3, 0.4) is 0 Å². The molecule has 2 aromatic carbocycles. The van der Waals surface area contributed by atoms with Crippen molar-refractivity contribution in [1.82, 2.24) is 0 Å². The molecule has 0 spiro atoms. The summed E-state index contributed by atoms with van der Waals surface area (Å²) in [5.74, 6) is -3.21. The van der Waals surface area contributed by atoms with Crippen LogP contribution in [0.4, 0.5) is 14.5 Å². The van der Waals surface area contributed by atoms with E-state index in [1.807, 2.05) is 18.2 Å². The lowest BCUT2D eigenvalue weighted by Crippen LogP contribution is -2.46. The summed E-state index contributed by atoms with van der Waals surface area (Å²) in [4.78, 5) is 13.4. The van der Waals surface area contributed by atoms with Gasteiger partial charge < -0.3 is 14.8 Å². The maximum Gasteiger partial charge on any atom is 0.311 e. The van der Waals surface area contributed by atoms with Gasteiger partial charge in [0.1, 0.15) is 17.9 Å².